The standard InChI is InChI=1S/C11H22N2O/c1-3-8-12-11(14)13(4-2)9-10-6-5-7-10/h10H,3-9H2,1-2H3,(H,12,14). The summed E-state index contributed by atoms with van der Waals surface area (Å²) in [6.45, 7) is 6.69. The molecule has 1 rings (SSSR count). The molecular formula is C11H22N2O. The van der Waals surface area contributed by atoms with Crippen LogP contribution in [0.3, 0.4) is 0 Å². The fourth-order valence-electron chi connectivity index (χ4n) is 1.69. The Labute approximate surface area is 86.9 Å². The summed E-state index contributed by atoms with van der Waals surface area (Å²) in [4.78, 5) is 13.6. The van der Waals surface area contributed by atoms with Gasteiger partial charge < -0.3 is 10.2 Å². The van der Waals surface area contributed by atoms with Gasteiger partial charge >= 0.3 is 6.03 Å². The van der Waals surface area contributed by atoms with Crippen molar-refractivity contribution in [3.05, 3.63) is 0 Å². The Morgan fingerprint density at radius 3 is 2.57 bits per heavy atom. The van der Waals surface area contributed by atoms with Gasteiger partial charge in [0.25, 0.3) is 0 Å². The van der Waals surface area contributed by atoms with Gasteiger partial charge in [-0.15, -0.1) is 0 Å². The Morgan fingerprint density at radius 2 is 2.14 bits per heavy atom. The van der Waals surface area contributed by atoms with E-state index in [9.17, 15) is 4.79 Å². The lowest BCUT2D eigenvalue weighted by molar-refractivity contribution is 0.171. The summed E-state index contributed by atoms with van der Waals surface area (Å²) in [6.07, 6.45) is 4.96. The van der Waals surface area contributed by atoms with Gasteiger partial charge in [-0.25, -0.2) is 4.79 Å². The van der Waals surface area contributed by atoms with Crippen molar-refractivity contribution < 1.29 is 4.79 Å². The van der Waals surface area contributed by atoms with Gasteiger partial charge in [-0.2, -0.15) is 0 Å². The van der Waals surface area contributed by atoms with Gasteiger partial charge in [0.2, 0.25) is 0 Å². The molecule has 1 N–H and O–H groups in total. The molecule has 2 amide bonds. The molecule has 0 aromatic carbocycles. The second kappa shape index (κ2) is 5.89. The van der Waals surface area contributed by atoms with E-state index in [4.69, 9.17) is 0 Å². The zero-order valence-electron chi connectivity index (χ0n) is 9.38. The van der Waals surface area contributed by atoms with Crippen molar-refractivity contribution in [1.29, 1.82) is 0 Å². The van der Waals surface area contributed by atoms with Crippen LogP contribution in [0.1, 0.15) is 39.5 Å². The lowest BCUT2D eigenvalue weighted by Crippen LogP contribution is -2.43. The number of carbonyl (C=O) groups excluding carboxylic acids is 1. The molecule has 0 aromatic rings. The van der Waals surface area contributed by atoms with Crippen molar-refractivity contribution in [2.45, 2.75) is 39.5 Å². The zero-order valence-corrected chi connectivity index (χ0v) is 9.38. The monoisotopic (exact) mass is 198 g/mol. The predicted molar refractivity (Wildman–Crippen MR) is 58.3 cm³/mol. The van der Waals surface area contributed by atoms with Gasteiger partial charge in [-0.1, -0.05) is 13.3 Å². The SMILES string of the molecule is CCCNC(=O)N(CC)CC1CCC1. The summed E-state index contributed by atoms with van der Waals surface area (Å²) in [5.41, 5.74) is 0. The first-order chi connectivity index (χ1) is 6.77. The molecule has 0 heterocycles. The van der Waals surface area contributed by atoms with E-state index in [1.54, 1.807) is 0 Å². The second-order valence-electron chi connectivity index (χ2n) is 4.07. The Kier molecular flexibility index (Phi) is 4.77. The van der Waals surface area contributed by atoms with Crippen LogP contribution in [0.5, 0.6) is 0 Å². The molecule has 0 bridgehead atoms. The maximum atomic E-state index is 11.6. The Balaban J connectivity index is 2.24. The van der Waals surface area contributed by atoms with Crippen molar-refractivity contribution in [3.8, 4) is 0 Å². The molecule has 0 spiro atoms. The molecule has 1 fully saturated rings. The van der Waals surface area contributed by atoms with Crippen LogP contribution in [0.25, 0.3) is 0 Å². The van der Waals surface area contributed by atoms with Crippen molar-refractivity contribution in [2.24, 2.45) is 5.92 Å². The fourth-order valence-corrected chi connectivity index (χ4v) is 1.69. The van der Waals surface area contributed by atoms with Crippen molar-refractivity contribution >= 4 is 6.03 Å². The van der Waals surface area contributed by atoms with Crippen LogP contribution in [0.15, 0.2) is 0 Å². The average Bonchev–Trinajstić information content (AvgIpc) is 2.13. The van der Waals surface area contributed by atoms with E-state index >= 15 is 0 Å². The number of rotatable bonds is 5. The summed E-state index contributed by atoms with van der Waals surface area (Å²) in [7, 11) is 0. The highest BCUT2D eigenvalue weighted by Gasteiger charge is 2.22. The average molecular weight is 198 g/mol. The van der Waals surface area contributed by atoms with Crippen LogP contribution in [0.4, 0.5) is 4.79 Å². The first kappa shape index (κ1) is 11.3. The van der Waals surface area contributed by atoms with Gasteiger partial charge in [0.05, 0.1) is 0 Å². The molecule has 0 atom stereocenters. The number of nitrogens with zero attached hydrogens (tertiary/aromatic N) is 1. The Hall–Kier alpha value is -0.730. The zero-order chi connectivity index (χ0) is 10.4. The maximum Gasteiger partial charge on any atom is 0.317 e. The predicted octanol–water partition coefficient (Wildman–Crippen LogP) is 2.23. The van der Waals surface area contributed by atoms with Crippen molar-refractivity contribution in [2.75, 3.05) is 19.6 Å². The molecule has 0 aliphatic heterocycles. The lowest BCUT2D eigenvalue weighted by Gasteiger charge is -2.31. The molecule has 14 heavy (non-hydrogen) atoms. The van der Waals surface area contributed by atoms with Gasteiger partial charge in [0.1, 0.15) is 0 Å². The normalized spacial score (nSPS) is 16.1. The maximum absolute atomic E-state index is 11.6. The summed E-state index contributed by atoms with van der Waals surface area (Å²) in [5.74, 6) is 0.766. The van der Waals surface area contributed by atoms with Crippen LogP contribution in [0.2, 0.25) is 0 Å². The Morgan fingerprint density at radius 1 is 1.43 bits per heavy atom. The van der Waals surface area contributed by atoms with Gasteiger partial charge in [0.15, 0.2) is 0 Å². The number of hydrogen-bond donors (Lipinski definition) is 1. The number of hydrogen-bond acceptors (Lipinski definition) is 1. The molecule has 1 aliphatic carbocycles. The molecule has 3 heteroatoms. The molecule has 0 unspecified atom stereocenters. The molecule has 3 nitrogen and oxygen atoms in total. The minimum atomic E-state index is 0.112. The molecule has 0 radical (unpaired) electrons. The van der Waals surface area contributed by atoms with E-state index < -0.39 is 0 Å². The van der Waals surface area contributed by atoms with Gasteiger partial charge in [0, 0.05) is 19.6 Å². The van der Waals surface area contributed by atoms with E-state index in [0.717, 1.165) is 32.0 Å². The summed E-state index contributed by atoms with van der Waals surface area (Å²) in [5, 5.41) is 2.92. The first-order valence-corrected chi connectivity index (χ1v) is 5.80. The highest BCUT2D eigenvalue weighted by Crippen LogP contribution is 2.26. The van der Waals surface area contributed by atoms with E-state index in [1.807, 2.05) is 11.8 Å². The second-order valence-corrected chi connectivity index (χ2v) is 4.07. The molecule has 82 valence electrons. The van der Waals surface area contributed by atoms with Crippen molar-refractivity contribution in [1.82, 2.24) is 10.2 Å². The fraction of sp³-hybridized carbons (Fsp3) is 0.909. The number of urea groups is 1. The third kappa shape index (κ3) is 3.20. The molecule has 0 aromatic heterocycles. The quantitative estimate of drug-likeness (QED) is 0.722. The molecule has 0 saturated heterocycles. The van der Waals surface area contributed by atoms with Gasteiger partial charge in [-0.05, 0) is 32.1 Å². The van der Waals surface area contributed by atoms with E-state index in [2.05, 4.69) is 12.2 Å². The minimum Gasteiger partial charge on any atom is -0.338 e. The van der Waals surface area contributed by atoms with Crippen LogP contribution < -0.4 is 5.32 Å². The highest BCUT2D eigenvalue weighted by molar-refractivity contribution is 5.74. The summed E-state index contributed by atoms with van der Waals surface area (Å²) < 4.78 is 0. The highest BCUT2D eigenvalue weighted by atomic mass is 16.2. The smallest absolute Gasteiger partial charge is 0.317 e. The van der Waals surface area contributed by atoms with Crippen LogP contribution >= 0.6 is 0 Å². The van der Waals surface area contributed by atoms with E-state index in [0.29, 0.717) is 0 Å². The molecule has 1 aliphatic rings. The molecular weight excluding hydrogens is 176 g/mol. The van der Waals surface area contributed by atoms with Crippen molar-refractivity contribution in [3.63, 3.8) is 0 Å². The summed E-state index contributed by atoms with van der Waals surface area (Å²) >= 11 is 0. The first-order valence-electron chi connectivity index (χ1n) is 5.80. The number of carbonyl (C=O) groups is 1. The van der Waals surface area contributed by atoms with E-state index in [-0.39, 0.29) is 6.03 Å². The Bertz CT molecular complexity index is 178. The van der Waals surface area contributed by atoms with E-state index in [1.165, 1.54) is 19.3 Å². The summed E-state index contributed by atoms with van der Waals surface area (Å²) in [6, 6.07) is 0.112. The van der Waals surface area contributed by atoms with Crippen LogP contribution in [0, 0.1) is 5.92 Å². The van der Waals surface area contributed by atoms with Gasteiger partial charge in [-0.3, -0.25) is 0 Å². The number of amides is 2. The lowest BCUT2D eigenvalue weighted by atomic mass is 9.85. The third-order valence-electron chi connectivity index (χ3n) is 2.90. The van der Waals surface area contributed by atoms with Crippen LogP contribution in [-0.2, 0) is 0 Å². The van der Waals surface area contributed by atoms with Crippen LogP contribution in [-0.4, -0.2) is 30.6 Å². The molecule has 1 saturated carbocycles. The largest absolute Gasteiger partial charge is 0.338 e. The minimum absolute atomic E-state index is 0.112. The topological polar surface area (TPSA) is 32.3 Å². The number of nitrogens with one attached hydrogen (secondary N) is 1. The third-order valence-corrected chi connectivity index (χ3v) is 2.90.